The van der Waals surface area contributed by atoms with Gasteiger partial charge in [-0.3, -0.25) is 0 Å². The van der Waals surface area contributed by atoms with E-state index in [9.17, 15) is 0 Å². The number of rotatable bonds is 2. The minimum Gasteiger partial charge on any atom is -0.372 e. The van der Waals surface area contributed by atoms with E-state index in [1.165, 1.54) is 47.1 Å². The van der Waals surface area contributed by atoms with Crippen LogP contribution in [-0.2, 0) is 24.4 Å². The van der Waals surface area contributed by atoms with Gasteiger partial charge in [0.15, 0.2) is 0 Å². The largest absolute Gasteiger partial charge is 0.372 e. The predicted octanol–water partition coefficient (Wildman–Crippen LogP) is 3.84. The van der Waals surface area contributed by atoms with Gasteiger partial charge in [-0.1, -0.05) is 42.5 Å². The molecule has 1 aliphatic carbocycles. The van der Waals surface area contributed by atoms with Crippen LogP contribution in [0.15, 0.2) is 42.5 Å². The van der Waals surface area contributed by atoms with Crippen LogP contribution in [0.1, 0.15) is 52.6 Å². The lowest BCUT2D eigenvalue weighted by Crippen LogP contribution is -2.23. The van der Waals surface area contributed by atoms with Gasteiger partial charge in [-0.15, -0.1) is 0 Å². The molecule has 108 valence electrons. The minimum absolute atomic E-state index is 0.0809. The van der Waals surface area contributed by atoms with E-state index in [4.69, 9.17) is 10.5 Å². The number of hydrogen-bond acceptors (Lipinski definition) is 2. The number of benzene rings is 2. The molecule has 4 rings (SSSR count). The second-order valence-corrected chi connectivity index (χ2v) is 6.24. The molecule has 2 heteroatoms. The Morgan fingerprint density at radius 1 is 1.00 bits per heavy atom. The first-order valence-corrected chi connectivity index (χ1v) is 7.86. The molecule has 2 nitrogen and oxygen atoms in total. The summed E-state index contributed by atoms with van der Waals surface area (Å²) in [5, 5.41) is 0. The van der Waals surface area contributed by atoms with Crippen LogP contribution in [0, 0.1) is 0 Å². The molecule has 2 aliphatic rings. The van der Waals surface area contributed by atoms with E-state index in [1.807, 2.05) is 0 Å². The molecule has 2 N–H and O–H groups in total. The van der Waals surface area contributed by atoms with Crippen LogP contribution in [0.3, 0.4) is 0 Å². The van der Waals surface area contributed by atoms with E-state index in [0.717, 1.165) is 13.2 Å². The van der Waals surface area contributed by atoms with Gasteiger partial charge in [0.2, 0.25) is 0 Å². The number of fused-ring (bicyclic) bond motifs is 2. The summed E-state index contributed by atoms with van der Waals surface area (Å²) < 4.78 is 5.51. The first kappa shape index (κ1) is 13.1. The zero-order chi connectivity index (χ0) is 14.2. The van der Waals surface area contributed by atoms with Gasteiger partial charge in [0, 0.05) is 12.0 Å². The summed E-state index contributed by atoms with van der Waals surface area (Å²) in [5.74, 6) is 0.440. The SMILES string of the molecule is NC(c1ccc2c(c1)COC2)C1CCCc2ccccc21. The predicted molar refractivity (Wildman–Crippen MR) is 84.0 cm³/mol. The summed E-state index contributed by atoms with van der Waals surface area (Å²) in [6, 6.07) is 15.5. The Morgan fingerprint density at radius 2 is 1.86 bits per heavy atom. The Balaban J connectivity index is 1.68. The molecule has 21 heavy (non-hydrogen) atoms. The summed E-state index contributed by atoms with van der Waals surface area (Å²) in [6.45, 7) is 1.48. The van der Waals surface area contributed by atoms with Crippen LogP contribution in [-0.4, -0.2) is 0 Å². The Kier molecular flexibility index (Phi) is 3.28. The fourth-order valence-corrected chi connectivity index (χ4v) is 3.80. The van der Waals surface area contributed by atoms with Gasteiger partial charge < -0.3 is 10.5 Å². The molecule has 0 amide bonds. The summed E-state index contributed by atoms with van der Waals surface area (Å²) in [5.41, 5.74) is 13.4. The molecule has 0 aromatic heterocycles. The first-order valence-electron chi connectivity index (χ1n) is 7.86. The van der Waals surface area contributed by atoms with Crippen molar-refractivity contribution < 1.29 is 4.74 Å². The Labute approximate surface area is 125 Å². The van der Waals surface area contributed by atoms with Gasteiger partial charge in [0.1, 0.15) is 0 Å². The summed E-state index contributed by atoms with van der Waals surface area (Å²) in [7, 11) is 0. The molecule has 2 aromatic carbocycles. The third kappa shape index (κ3) is 2.29. The van der Waals surface area contributed by atoms with E-state index in [1.54, 1.807) is 0 Å². The molecular formula is C19H21NO. The fraction of sp³-hybridized carbons (Fsp3) is 0.368. The van der Waals surface area contributed by atoms with Crippen molar-refractivity contribution in [3.63, 3.8) is 0 Å². The summed E-state index contributed by atoms with van der Waals surface area (Å²) >= 11 is 0. The van der Waals surface area contributed by atoms with E-state index < -0.39 is 0 Å². The van der Waals surface area contributed by atoms with Crippen LogP contribution in [0.5, 0.6) is 0 Å². The zero-order valence-electron chi connectivity index (χ0n) is 12.2. The van der Waals surface area contributed by atoms with Crippen molar-refractivity contribution in [2.24, 2.45) is 5.73 Å². The number of ether oxygens (including phenoxy) is 1. The number of aryl methyl sites for hydroxylation is 1. The maximum atomic E-state index is 6.64. The highest BCUT2D eigenvalue weighted by Crippen LogP contribution is 2.39. The molecule has 2 unspecified atom stereocenters. The molecule has 2 atom stereocenters. The van der Waals surface area contributed by atoms with Gasteiger partial charge >= 0.3 is 0 Å². The van der Waals surface area contributed by atoms with Crippen molar-refractivity contribution in [2.45, 2.75) is 44.4 Å². The second-order valence-electron chi connectivity index (χ2n) is 6.24. The van der Waals surface area contributed by atoms with Crippen molar-refractivity contribution in [2.75, 3.05) is 0 Å². The molecule has 1 aliphatic heterocycles. The zero-order valence-corrected chi connectivity index (χ0v) is 12.2. The van der Waals surface area contributed by atoms with Gasteiger partial charge in [0.25, 0.3) is 0 Å². The van der Waals surface area contributed by atoms with Crippen LogP contribution < -0.4 is 5.73 Å². The van der Waals surface area contributed by atoms with E-state index >= 15 is 0 Å². The highest BCUT2D eigenvalue weighted by atomic mass is 16.5. The molecule has 0 spiro atoms. The Morgan fingerprint density at radius 3 is 2.81 bits per heavy atom. The van der Waals surface area contributed by atoms with Crippen molar-refractivity contribution in [3.8, 4) is 0 Å². The fourth-order valence-electron chi connectivity index (χ4n) is 3.80. The highest BCUT2D eigenvalue weighted by molar-refractivity contribution is 5.39. The molecule has 0 radical (unpaired) electrons. The van der Waals surface area contributed by atoms with Crippen LogP contribution >= 0.6 is 0 Å². The number of nitrogens with two attached hydrogens (primary N) is 1. The Bertz CT molecular complexity index is 664. The Hall–Kier alpha value is -1.64. The smallest absolute Gasteiger partial charge is 0.0725 e. The van der Waals surface area contributed by atoms with Gasteiger partial charge in [-0.2, -0.15) is 0 Å². The molecule has 0 saturated heterocycles. The molecule has 2 aromatic rings. The normalized spacial score (nSPS) is 21.7. The highest BCUT2D eigenvalue weighted by Gasteiger charge is 2.27. The lowest BCUT2D eigenvalue weighted by atomic mass is 9.77. The van der Waals surface area contributed by atoms with E-state index in [2.05, 4.69) is 42.5 Å². The van der Waals surface area contributed by atoms with Gasteiger partial charge in [-0.05, 0) is 47.1 Å². The van der Waals surface area contributed by atoms with Gasteiger partial charge in [0.05, 0.1) is 13.2 Å². The second kappa shape index (κ2) is 5.28. The average molecular weight is 279 g/mol. The quantitative estimate of drug-likeness (QED) is 0.906. The van der Waals surface area contributed by atoms with E-state index in [-0.39, 0.29) is 6.04 Å². The third-order valence-electron chi connectivity index (χ3n) is 4.98. The number of hydrogen-bond donors (Lipinski definition) is 1. The molecule has 1 heterocycles. The molecule has 0 fully saturated rings. The van der Waals surface area contributed by atoms with Gasteiger partial charge in [-0.25, -0.2) is 0 Å². The minimum atomic E-state index is 0.0809. The monoisotopic (exact) mass is 279 g/mol. The third-order valence-corrected chi connectivity index (χ3v) is 4.98. The maximum absolute atomic E-state index is 6.64. The summed E-state index contributed by atoms with van der Waals surface area (Å²) in [6.07, 6.45) is 3.62. The van der Waals surface area contributed by atoms with Crippen LogP contribution in [0.4, 0.5) is 0 Å². The average Bonchev–Trinajstić information content (AvgIpc) is 3.01. The van der Waals surface area contributed by atoms with Crippen molar-refractivity contribution in [1.82, 2.24) is 0 Å². The van der Waals surface area contributed by atoms with Crippen molar-refractivity contribution in [1.29, 1.82) is 0 Å². The van der Waals surface area contributed by atoms with Crippen LogP contribution in [0.25, 0.3) is 0 Å². The standard InChI is InChI=1S/C19H21NO/c20-19(14-8-9-15-11-21-12-16(15)10-14)18-7-3-5-13-4-1-2-6-17(13)18/h1-2,4,6,8-10,18-19H,3,5,7,11-12,20H2. The maximum Gasteiger partial charge on any atom is 0.0725 e. The van der Waals surface area contributed by atoms with E-state index in [0.29, 0.717) is 5.92 Å². The molecular weight excluding hydrogens is 258 g/mol. The van der Waals surface area contributed by atoms with Crippen LogP contribution in [0.2, 0.25) is 0 Å². The molecule has 0 bridgehead atoms. The lowest BCUT2D eigenvalue weighted by Gasteiger charge is -2.30. The first-order chi connectivity index (χ1) is 10.3. The lowest BCUT2D eigenvalue weighted by molar-refractivity contribution is 0.134. The van der Waals surface area contributed by atoms with Crippen molar-refractivity contribution >= 4 is 0 Å². The van der Waals surface area contributed by atoms with Crippen molar-refractivity contribution in [3.05, 3.63) is 70.3 Å². The molecule has 0 saturated carbocycles. The topological polar surface area (TPSA) is 35.2 Å². The summed E-state index contributed by atoms with van der Waals surface area (Å²) in [4.78, 5) is 0.